The summed E-state index contributed by atoms with van der Waals surface area (Å²) in [6, 6.07) is 12.4. The highest BCUT2D eigenvalue weighted by molar-refractivity contribution is 8.13. The van der Waals surface area contributed by atoms with Gasteiger partial charge in [-0.25, -0.2) is 8.42 Å². The predicted molar refractivity (Wildman–Crippen MR) is 115 cm³/mol. The molecule has 2 aromatic rings. The van der Waals surface area contributed by atoms with Gasteiger partial charge in [0, 0.05) is 26.5 Å². The van der Waals surface area contributed by atoms with E-state index in [2.05, 4.69) is 0 Å². The van der Waals surface area contributed by atoms with Gasteiger partial charge in [0.2, 0.25) is 0 Å². The molecule has 4 rings (SSSR count). The predicted octanol–water partition coefficient (Wildman–Crippen LogP) is 4.92. The highest BCUT2D eigenvalue weighted by Crippen LogP contribution is 2.37. The van der Waals surface area contributed by atoms with Crippen LogP contribution in [0.2, 0.25) is 15.1 Å². The van der Waals surface area contributed by atoms with Crippen LogP contribution in [-0.4, -0.2) is 37.2 Å². The Kier molecular flexibility index (Phi) is 5.38. The first-order valence-electron chi connectivity index (χ1n) is 8.22. The molecule has 2 aliphatic heterocycles. The summed E-state index contributed by atoms with van der Waals surface area (Å²) in [5.41, 5.74) is 1.80. The number of aliphatic imine (C=N–C) groups is 1. The van der Waals surface area contributed by atoms with E-state index in [4.69, 9.17) is 39.8 Å². The van der Waals surface area contributed by atoms with Crippen LogP contribution < -0.4 is 4.90 Å². The quantitative estimate of drug-likeness (QED) is 0.651. The molecule has 2 aromatic carbocycles. The number of anilines is 1. The molecule has 2 heterocycles. The highest BCUT2D eigenvalue weighted by atomic mass is 35.5. The number of sulfone groups is 1. The van der Waals surface area contributed by atoms with E-state index in [1.165, 1.54) is 11.8 Å². The third-order valence-corrected chi connectivity index (χ3v) is 8.10. The molecule has 142 valence electrons. The van der Waals surface area contributed by atoms with E-state index in [0.29, 0.717) is 20.8 Å². The number of hydrogen-bond donors (Lipinski definition) is 0. The number of thioether (sulfide) groups is 1. The van der Waals surface area contributed by atoms with E-state index in [1.54, 1.807) is 18.2 Å². The van der Waals surface area contributed by atoms with Crippen LogP contribution in [0.25, 0.3) is 0 Å². The molecule has 2 atom stereocenters. The molecule has 0 amide bonds. The molecule has 0 spiro atoms. The van der Waals surface area contributed by atoms with Gasteiger partial charge in [0.1, 0.15) is 0 Å². The molecular weight excluding hydrogens is 447 g/mol. The number of hydrogen-bond acceptors (Lipinski definition) is 5. The first-order valence-corrected chi connectivity index (χ1v) is 12.2. The molecule has 0 N–H and O–H groups in total. The summed E-state index contributed by atoms with van der Waals surface area (Å²) in [5, 5.41) is 2.58. The standard InChI is InChI=1S/C18H15Cl3N2O2S2/c19-12-2-1-3-14(6-12)23-17-10-27(24,25)9-16(17)22-18(23)26-8-11-4-5-13(20)7-15(11)21/h1-7,16-17H,8-10H2/t16-,17+/m0/s1. The Morgan fingerprint density at radius 3 is 2.59 bits per heavy atom. The molecule has 9 heteroatoms. The van der Waals surface area contributed by atoms with E-state index in [9.17, 15) is 8.42 Å². The van der Waals surface area contributed by atoms with E-state index >= 15 is 0 Å². The smallest absolute Gasteiger partial charge is 0.164 e. The maximum Gasteiger partial charge on any atom is 0.164 e. The SMILES string of the molecule is O=S1(=O)C[C@@H]2N=C(SCc3ccc(Cl)cc3Cl)N(c3cccc(Cl)c3)[C@@H]2C1. The fraction of sp³-hybridized carbons (Fsp3) is 0.278. The van der Waals surface area contributed by atoms with E-state index in [1.807, 2.05) is 29.2 Å². The third-order valence-electron chi connectivity index (χ3n) is 4.57. The fourth-order valence-corrected chi connectivity index (χ4v) is 7.05. The van der Waals surface area contributed by atoms with Gasteiger partial charge in [-0.2, -0.15) is 0 Å². The second-order valence-corrected chi connectivity index (χ2v) is 10.9. The molecule has 1 saturated heterocycles. The van der Waals surface area contributed by atoms with Gasteiger partial charge in [0.25, 0.3) is 0 Å². The lowest BCUT2D eigenvalue weighted by atomic mass is 10.1. The summed E-state index contributed by atoms with van der Waals surface area (Å²) in [6.07, 6.45) is 0. The summed E-state index contributed by atoms with van der Waals surface area (Å²) in [4.78, 5) is 6.71. The molecule has 0 unspecified atom stereocenters. The second kappa shape index (κ2) is 7.48. The minimum Gasteiger partial charge on any atom is -0.315 e. The van der Waals surface area contributed by atoms with Crippen molar-refractivity contribution in [1.82, 2.24) is 0 Å². The minimum atomic E-state index is -3.09. The van der Waals surface area contributed by atoms with Gasteiger partial charge in [-0.3, -0.25) is 4.99 Å². The molecule has 4 nitrogen and oxygen atoms in total. The van der Waals surface area contributed by atoms with Crippen LogP contribution in [0.4, 0.5) is 5.69 Å². The number of fused-ring (bicyclic) bond motifs is 1. The van der Waals surface area contributed by atoms with Crippen molar-refractivity contribution in [2.45, 2.75) is 17.8 Å². The Hall–Kier alpha value is -0.920. The molecule has 1 fully saturated rings. The van der Waals surface area contributed by atoms with E-state index in [-0.39, 0.29) is 23.6 Å². The van der Waals surface area contributed by atoms with Crippen LogP contribution in [0.3, 0.4) is 0 Å². The zero-order valence-corrected chi connectivity index (χ0v) is 17.9. The van der Waals surface area contributed by atoms with Crippen molar-refractivity contribution in [3.05, 3.63) is 63.1 Å². The van der Waals surface area contributed by atoms with Gasteiger partial charge in [0.05, 0.1) is 23.6 Å². The molecular formula is C18H15Cl3N2O2S2. The largest absolute Gasteiger partial charge is 0.315 e. The van der Waals surface area contributed by atoms with Crippen LogP contribution in [-0.2, 0) is 15.6 Å². The van der Waals surface area contributed by atoms with Gasteiger partial charge >= 0.3 is 0 Å². The summed E-state index contributed by atoms with van der Waals surface area (Å²) >= 11 is 19.9. The molecule has 27 heavy (non-hydrogen) atoms. The number of amidine groups is 1. The molecule has 0 bridgehead atoms. The zero-order chi connectivity index (χ0) is 19.2. The molecule has 0 aromatic heterocycles. The summed E-state index contributed by atoms with van der Waals surface area (Å²) in [5.74, 6) is 0.790. The Bertz CT molecular complexity index is 1030. The summed E-state index contributed by atoms with van der Waals surface area (Å²) in [6.45, 7) is 0. The number of nitrogens with zero attached hydrogens (tertiary/aromatic N) is 2. The van der Waals surface area contributed by atoms with Crippen LogP contribution in [0.15, 0.2) is 47.5 Å². The van der Waals surface area contributed by atoms with Gasteiger partial charge < -0.3 is 4.90 Å². The van der Waals surface area contributed by atoms with Crippen molar-refractivity contribution < 1.29 is 8.42 Å². The van der Waals surface area contributed by atoms with Crippen LogP contribution in [0, 0.1) is 0 Å². The molecule has 0 radical (unpaired) electrons. The van der Waals surface area contributed by atoms with Crippen molar-refractivity contribution >= 4 is 67.3 Å². The van der Waals surface area contributed by atoms with Gasteiger partial charge in [-0.1, -0.05) is 58.7 Å². The average Bonchev–Trinajstić information content (AvgIpc) is 3.05. The zero-order valence-electron chi connectivity index (χ0n) is 14.0. The van der Waals surface area contributed by atoms with E-state index < -0.39 is 9.84 Å². The molecule has 0 aliphatic carbocycles. The lowest BCUT2D eigenvalue weighted by Gasteiger charge is -2.26. The summed E-state index contributed by atoms with van der Waals surface area (Å²) < 4.78 is 24.2. The van der Waals surface area contributed by atoms with Crippen molar-refractivity contribution in [3.8, 4) is 0 Å². The average molecular weight is 462 g/mol. The van der Waals surface area contributed by atoms with Crippen molar-refractivity contribution in [1.29, 1.82) is 0 Å². The maximum atomic E-state index is 12.1. The number of benzene rings is 2. The van der Waals surface area contributed by atoms with Crippen molar-refractivity contribution in [3.63, 3.8) is 0 Å². The lowest BCUT2D eigenvalue weighted by Crippen LogP contribution is -2.39. The molecule has 2 aliphatic rings. The third kappa shape index (κ3) is 4.10. The number of rotatable bonds is 3. The minimum absolute atomic E-state index is 0.0838. The van der Waals surface area contributed by atoms with Crippen molar-refractivity contribution in [2.75, 3.05) is 16.4 Å². The fourth-order valence-electron chi connectivity index (χ4n) is 3.34. The Morgan fingerprint density at radius 2 is 1.85 bits per heavy atom. The normalized spacial score (nSPS) is 23.4. The second-order valence-electron chi connectivity index (χ2n) is 6.50. The van der Waals surface area contributed by atoms with E-state index in [0.717, 1.165) is 16.4 Å². The first-order chi connectivity index (χ1) is 12.8. The van der Waals surface area contributed by atoms with Crippen LogP contribution in [0.5, 0.6) is 0 Å². The monoisotopic (exact) mass is 460 g/mol. The Balaban J connectivity index is 1.63. The Morgan fingerprint density at radius 1 is 1.07 bits per heavy atom. The van der Waals surface area contributed by atoms with Gasteiger partial charge in [0.15, 0.2) is 15.0 Å². The first kappa shape index (κ1) is 19.4. The number of halogens is 3. The van der Waals surface area contributed by atoms with Crippen LogP contribution >= 0.6 is 46.6 Å². The molecule has 0 saturated carbocycles. The maximum absolute atomic E-state index is 12.1. The summed E-state index contributed by atoms with van der Waals surface area (Å²) in [7, 11) is -3.09. The topological polar surface area (TPSA) is 49.7 Å². The lowest BCUT2D eigenvalue weighted by molar-refractivity contribution is 0.601. The highest BCUT2D eigenvalue weighted by Gasteiger charge is 2.47. The van der Waals surface area contributed by atoms with Crippen LogP contribution in [0.1, 0.15) is 5.56 Å². The van der Waals surface area contributed by atoms with Crippen molar-refractivity contribution in [2.24, 2.45) is 4.99 Å². The Labute approximate surface area is 177 Å². The van der Waals surface area contributed by atoms with Gasteiger partial charge in [-0.15, -0.1) is 0 Å². The van der Waals surface area contributed by atoms with Gasteiger partial charge in [-0.05, 0) is 35.9 Å².